The molecule has 0 atom stereocenters. The van der Waals surface area contributed by atoms with E-state index in [0.717, 1.165) is 29.3 Å². The van der Waals surface area contributed by atoms with Crippen LogP contribution in [0.1, 0.15) is 51.0 Å². The highest BCUT2D eigenvalue weighted by atomic mass is 35.5. The Labute approximate surface area is 133 Å². The molecule has 0 radical (unpaired) electrons. The molecule has 0 spiro atoms. The van der Waals surface area contributed by atoms with Crippen LogP contribution in [0, 0.1) is 5.92 Å². The van der Waals surface area contributed by atoms with Gasteiger partial charge < -0.3 is 10.1 Å². The molecular formula is C18H26ClNO. The predicted octanol–water partition coefficient (Wildman–Crippen LogP) is 4.55. The summed E-state index contributed by atoms with van der Waals surface area (Å²) in [4.78, 5) is 0. The third kappa shape index (κ3) is 3.37. The Morgan fingerprint density at radius 3 is 2.57 bits per heavy atom. The summed E-state index contributed by atoms with van der Waals surface area (Å²) in [6, 6.07) is 6.82. The van der Waals surface area contributed by atoms with Crippen molar-refractivity contribution in [3.05, 3.63) is 28.8 Å². The van der Waals surface area contributed by atoms with Crippen LogP contribution in [0.2, 0.25) is 5.02 Å². The molecule has 0 aromatic heterocycles. The van der Waals surface area contributed by atoms with E-state index < -0.39 is 0 Å². The molecule has 2 fully saturated rings. The van der Waals surface area contributed by atoms with Gasteiger partial charge in [-0.2, -0.15) is 0 Å². The Bertz CT molecular complexity index is 490. The van der Waals surface area contributed by atoms with Crippen LogP contribution in [0.25, 0.3) is 0 Å². The van der Waals surface area contributed by atoms with E-state index in [-0.39, 0.29) is 5.41 Å². The molecule has 2 aliphatic carbocycles. The van der Waals surface area contributed by atoms with Crippen molar-refractivity contribution >= 4 is 11.6 Å². The minimum Gasteiger partial charge on any atom is -0.496 e. The second-order valence-electron chi connectivity index (χ2n) is 6.96. The highest BCUT2D eigenvalue weighted by molar-refractivity contribution is 6.30. The standard InChI is InChI=1S/C18H26ClNO/c1-13-7-9-18(10-8-13,12-20-15-4-5-15)16-11-14(19)3-6-17(16)21-2/h3,6,11,13,15,20H,4-5,7-10,12H2,1-2H3. The van der Waals surface area contributed by atoms with Crippen molar-refractivity contribution in [3.8, 4) is 5.75 Å². The lowest BCUT2D eigenvalue weighted by Gasteiger charge is -2.41. The molecule has 1 aromatic rings. The summed E-state index contributed by atoms with van der Waals surface area (Å²) in [6.45, 7) is 3.43. The molecule has 21 heavy (non-hydrogen) atoms. The smallest absolute Gasteiger partial charge is 0.122 e. The van der Waals surface area contributed by atoms with Crippen LogP contribution in [-0.4, -0.2) is 19.7 Å². The van der Waals surface area contributed by atoms with Gasteiger partial charge in [0.1, 0.15) is 5.75 Å². The van der Waals surface area contributed by atoms with Crippen LogP contribution in [0.4, 0.5) is 0 Å². The summed E-state index contributed by atoms with van der Waals surface area (Å²) in [5, 5.41) is 4.57. The van der Waals surface area contributed by atoms with E-state index in [1.165, 1.54) is 44.1 Å². The Morgan fingerprint density at radius 2 is 1.95 bits per heavy atom. The lowest BCUT2D eigenvalue weighted by Crippen LogP contribution is -2.42. The van der Waals surface area contributed by atoms with E-state index in [9.17, 15) is 0 Å². The first-order valence-electron chi connectivity index (χ1n) is 8.20. The minimum atomic E-state index is 0.186. The SMILES string of the molecule is COc1ccc(Cl)cc1C1(CNC2CC2)CCC(C)CC1. The first kappa shape index (κ1) is 15.2. The number of ether oxygens (including phenoxy) is 1. The summed E-state index contributed by atoms with van der Waals surface area (Å²) < 4.78 is 5.64. The Kier molecular flexibility index (Phi) is 4.46. The Morgan fingerprint density at radius 1 is 1.24 bits per heavy atom. The molecule has 0 heterocycles. The van der Waals surface area contributed by atoms with Crippen molar-refractivity contribution in [1.82, 2.24) is 5.32 Å². The summed E-state index contributed by atoms with van der Waals surface area (Å²) in [5.41, 5.74) is 1.49. The predicted molar refractivity (Wildman–Crippen MR) is 88.3 cm³/mol. The molecule has 116 valence electrons. The summed E-state index contributed by atoms with van der Waals surface area (Å²) in [5.74, 6) is 1.83. The number of benzene rings is 1. The van der Waals surface area contributed by atoms with Gasteiger partial charge in [-0.3, -0.25) is 0 Å². The second-order valence-corrected chi connectivity index (χ2v) is 7.40. The summed E-state index contributed by atoms with van der Waals surface area (Å²) >= 11 is 6.28. The maximum absolute atomic E-state index is 6.28. The van der Waals surface area contributed by atoms with Gasteiger partial charge in [0.2, 0.25) is 0 Å². The molecule has 3 rings (SSSR count). The Balaban J connectivity index is 1.91. The molecule has 2 nitrogen and oxygen atoms in total. The van der Waals surface area contributed by atoms with E-state index in [0.29, 0.717) is 0 Å². The average molecular weight is 308 g/mol. The van der Waals surface area contributed by atoms with E-state index >= 15 is 0 Å². The van der Waals surface area contributed by atoms with Gasteiger partial charge in [-0.05, 0) is 62.6 Å². The number of hydrogen-bond donors (Lipinski definition) is 1. The molecule has 1 aromatic carbocycles. The summed E-state index contributed by atoms with van der Waals surface area (Å²) in [7, 11) is 1.76. The normalized spacial score (nSPS) is 29.4. The van der Waals surface area contributed by atoms with Crippen molar-refractivity contribution in [2.24, 2.45) is 5.92 Å². The zero-order valence-corrected chi connectivity index (χ0v) is 13.9. The van der Waals surface area contributed by atoms with Gasteiger partial charge in [-0.15, -0.1) is 0 Å². The number of methoxy groups -OCH3 is 1. The van der Waals surface area contributed by atoms with E-state index in [2.05, 4.69) is 18.3 Å². The molecule has 0 saturated heterocycles. The van der Waals surface area contributed by atoms with Gasteiger partial charge in [0.05, 0.1) is 7.11 Å². The fourth-order valence-corrected chi connectivity index (χ4v) is 3.75. The highest BCUT2D eigenvalue weighted by Gasteiger charge is 2.39. The lowest BCUT2D eigenvalue weighted by atomic mass is 9.66. The zero-order valence-electron chi connectivity index (χ0n) is 13.1. The van der Waals surface area contributed by atoms with Gasteiger partial charge >= 0.3 is 0 Å². The molecule has 1 N–H and O–H groups in total. The first-order chi connectivity index (χ1) is 10.1. The second kappa shape index (κ2) is 6.18. The maximum atomic E-state index is 6.28. The van der Waals surface area contributed by atoms with Crippen LogP contribution in [-0.2, 0) is 5.41 Å². The fourth-order valence-electron chi connectivity index (χ4n) is 3.58. The monoisotopic (exact) mass is 307 g/mol. The largest absolute Gasteiger partial charge is 0.496 e. The highest BCUT2D eigenvalue weighted by Crippen LogP contribution is 2.45. The van der Waals surface area contributed by atoms with E-state index in [4.69, 9.17) is 16.3 Å². The molecule has 2 saturated carbocycles. The maximum Gasteiger partial charge on any atom is 0.122 e. The van der Waals surface area contributed by atoms with E-state index in [1.54, 1.807) is 7.11 Å². The number of rotatable bonds is 5. The van der Waals surface area contributed by atoms with Crippen molar-refractivity contribution in [2.45, 2.75) is 56.9 Å². The molecule has 2 aliphatic rings. The quantitative estimate of drug-likeness (QED) is 0.861. The van der Waals surface area contributed by atoms with E-state index in [1.807, 2.05) is 12.1 Å². The van der Waals surface area contributed by atoms with Gasteiger partial charge in [0, 0.05) is 28.6 Å². The molecular weight excluding hydrogens is 282 g/mol. The minimum absolute atomic E-state index is 0.186. The third-order valence-corrected chi connectivity index (χ3v) is 5.51. The third-order valence-electron chi connectivity index (χ3n) is 5.27. The van der Waals surface area contributed by atoms with Crippen LogP contribution in [0.3, 0.4) is 0 Å². The molecule has 0 amide bonds. The Hall–Kier alpha value is -0.730. The van der Waals surface area contributed by atoms with Crippen molar-refractivity contribution in [1.29, 1.82) is 0 Å². The topological polar surface area (TPSA) is 21.3 Å². The average Bonchev–Trinajstić information content (AvgIpc) is 3.31. The van der Waals surface area contributed by atoms with Gasteiger partial charge in [-0.1, -0.05) is 18.5 Å². The fraction of sp³-hybridized carbons (Fsp3) is 0.667. The van der Waals surface area contributed by atoms with Crippen LogP contribution in [0.15, 0.2) is 18.2 Å². The van der Waals surface area contributed by atoms with Crippen molar-refractivity contribution in [3.63, 3.8) is 0 Å². The van der Waals surface area contributed by atoms with Crippen molar-refractivity contribution < 1.29 is 4.74 Å². The zero-order chi connectivity index (χ0) is 14.9. The van der Waals surface area contributed by atoms with Crippen LogP contribution in [0.5, 0.6) is 5.75 Å². The van der Waals surface area contributed by atoms with Crippen LogP contribution >= 0.6 is 11.6 Å². The summed E-state index contributed by atoms with van der Waals surface area (Å²) in [6.07, 6.45) is 7.71. The van der Waals surface area contributed by atoms with Crippen LogP contribution < -0.4 is 10.1 Å². The molecule has 0 unspecified atom stereocenters. The van der Waals surface area contributed by atoms with Gasteiger partial charge in [0.15, 0.2) is 0 Å². The number of halogens is 1. The first-order valence-corrected chi connectivity index (χ1v) is 8.58. The number of hydrogen-bond acceptors (Lipinski definition) is 2. The lowest BCUT2D eigenvalue weighted by molar-refractivity contribution is 0.227. The van der Waals surface area contributed by atoms with Gasteiger partial charge in [0.25, 0.3) is 0 Å². The van der Waals surface area contributed by atoms with Crippen molar-refractivity contribution in [2.75, 3.05) is 13.7 Å². The molecule has 0 aliphatic heterocycles. The van der Waals surface area contributed by atoms with Gasteiger partial charge in [-0.25, -0.2) is 0 Å². The number of nitrogens with one attached hydrogen (secondary N) is 1. The molecule has 3 heteroatoms. The molecule has 0 bridgehead atoms.